The van der Waals surface area contributed by atoms with E-state index in [1.807, 2.05) is 0 Å². The first kappa shape index (κ1) is 15.8. The summed E-state index contributed by atoms with van der Waals surface area (Å²) in [6.45, 7) is 2.24. The molecular weight excluding hydrogens is 273 g/mol. The number of hydrogen-bond donors (Lipinski definition) is 1. The zero-order valence-corrected chi connectivity index (χ0v) is 13.1. The summed E-state index contributed by atoms with van der Waals surface area (Å²) < 4.78 is 13.9. The van der Waals surface area contributed by atoms with Crippen LogP contribution in [-0.4, -0.2) is 5.54 Å². The molecule has 112 valence electrons. The van der Waals surface area contributed by atoms with Crippen LogP contribution >= 0.6 is 11.6 Å². The summed E-state index contributed by atoms with van der Waals surface area (Å²) in [6, 6.07) is 4.87. The van der Waals surface area contributed by atoms with Crippen molar-refractivity contribution in [1.29, 1.82) is 0 Å². The molecule has 2 N–H and O–H groups in total. The molecular formula is C17H25ClFN. The minimum atomic E-state index is -0.297. The third-order valence-corrected chi connectivity index (χ3v) is 4.98. The van der Waals surface area contributed by atoms with E-state index in [0.717, 1.165) is 31.6 Å². The Morgan fingerprint density at radius 2 is 2.15 bits per heavy atom. The number of hydrogen-bond acceptors (Lipinski definition) is 1. The SMILES string of the molecule is CCCC1CCCC(N)(Cc2c(F)cccc2Cl)CC1. The van der Waals surface area contributed by atoms with Crippen LogP contribution in [0.25, 0.3) is 0 Å². The highest BCUT2D eigenvalue weighted by Gasteiger charge is 2.30. The number of halogens is 2. The molecule has 20 heavy (non-hydrogen) atoms. The minimum Gasteiger partial charge on any atom is -0.325 e. The summed E-state index contributed by atoms with van der Waals surface area (Å²) in [6.07, 6.45) is 8.59. The first-order valence-electron chi connectivity index (χ1n) is 7.76. The van der Waals surface area contributed by atoms with Gasteiger partial charge in [0, 0.05) is 16.1 Å². The Morgan fingerprint density at radius 1 is 1.35 bits per heavy atom. The summed E-state index contributed by atoms with van der Waals surface area (Å²) in [5.41, 5.74) is 6.85. The predicted molar refractivity (Wildman–Crippen MR) is 83.5 cm³/mol. The van der Waals surface area contributed by atoms with E-state index in [2.05, 4.69) is 6.92 Å². The molecule has 2 unspecified atom stereocenters. The number of rotatable bonds is 4. The van der Waals surface area contributed by atoms with Gasteiger partial charge < -0.3 is 5.73 Å². The van der Waals surface area contributed by atoms with Crippen molar-refractivity contribution in [3.05, 3.63) is 34.6 Å². The normalized spacial score (nSPS) is 27.3. The molecule has 1 nitrogen and oxygen atoms in total. The van der Waals surface area contributed by atoms with Crippen molar-refractivity contribution in [2.75, 3.05) is 0 Å². The van der Waals surface area contributed by atoms with E-state index in [9.17, 15) is 4.39 Å². The molecule has 0 heterocycles. The minimum absolute atomic E-state index is 0.225. The third kappa shape index (κ3) is 3.95. The van der Waals surface area contributed by atoms with Gasteiger partial charge in [0.2, 0.25) is 0 Å². The maximum Gasteiger partial charge on any atom is 0.127 e. The van der Waals surface area contributed by atoms with Gasteiger partial charge in [0.1, 0.15) is 5.82 Å². The van der Waals surface area contributed by atoms with Crippen molar-refractivity contribution >= 4 is 11.6 Å². The summed E-state index contributed by atoms with van der Waals surface area (Å²) in [5.74, 6) is 0.568. The molecule has 1 aromatic carbocycles. The van der Waals surface area contributed by atoms with Gasteiger partial charge in [-0.25, -0.2) is 4.39 Å². The van der Waals surface area contributed by atoms with Crippen LogP contribution in [0.4, 0.5) is 4.39 Å². The van der Waals surface area contributed by atoms with Crippen LogP contribution in [0.3, 0.4) is 0 Å². The van der Waals surface area contributed by atoms with E-state index in [0.29, 0.717) is 17.0 Å². The lowest BCUT2D eigenvalue weighted by atomic mass is 9.84. The number of nitrogens with two attached hydrogens (primary N) is 1. The van der Waals surface area contributed by atoms with Crippen LogP contribution in [0, 0.1) is 11.7 Å². The highest BCUT2D eigenvalue weighted by molar-refractivity contribution is 6.31. The Kier molecular flexibility index (Phi) is 5.45. The molecule has 2 rings (SSSR count). The van der Waals surface area contributed by atoms with Gasteiger partial charge in [0.15, 0.2) is 0 Å². The Morgan fingerprint density at radius 3 is 2.85 bits per heavy atom. The quantitative estimate of drug-likeness (QED) is 0.769. The fourth-order valence-corrected chi connectivity index (χ4v) is 3.66. The van der Waals surface area contributed by atoms with Gasteiger partial charge in [-0.2, -0.15) is 0 Å². The molecule has 0 spiro atoms. The van der Waals surface area contributed by atoms with Gasteiger partial charge in [-0.15, -0.1) is 0 Å². The van der Waals surface area contributed by atoms with Crippen LogP contribution in [0.15, 0.2) is 18.2 Å². The van der Waals surface area contributed by atoms with Crippen molar-refractivity contribution in [1.82, 2.24) is 0 Å². The molecule has 1 saturated carbocycles. The smallest absolute Gasteiger partial charge is 0.127 e. The lowest BCUT2D eigenvalue weighted by Gasteiger charge is -2.29. The zero-order valence-electron chi connectivity index (χ0n) is 12.3. The second kappa shape index (κ2) is 6.91. The molecule has 0 bridgehead atoms. The molecule has 2 atom stereocenters. The summed E-state index contributed by atoms with van der Waals surface area (Å²) in [5, 5.41) is 0.504. The topological polar surface area (TPSA) is 26.0 Å². The van der Waals surface area contributed by atoms with Crippen LogP contribution in [0.2, 0.25) is 5.02 Å². The second-order valence-electron chi connectivity index (χ2n) is 6.32. The lowest BCUT2D eigenvalue weighted by molar-refractivity contribution is 0.351. The average molecular weight is 298 g/mol. The number of benzene rings is 1. The van der Waals surface area contributed by atoms with E-state index < -0.39 is 0 Å². The standard InChI is InChI=1S/C17H25ClFN/c1-2-5-13-6-4-10-17(20,11-9-13)12-14-15(18)7-3-8-16(14)19/h3,7-8,13H,2,4-6,9-12,20H2,1H3. The summed E-state index contributed by atoms with van der Waals surface area (Å²) in [4.78, 5) is 0. The maximum absolute atomic E-state index is 13.9. The van der Waals surface area contributed by atoms with Crippen LogP contribution in [0.1, 0.15) is 57.4 Å². The van der Waals surface area contributed by atoms with Crippen molar-refractivity contribution in [3.8, 4) is 0 Å². The van der Waals surface area contributed by atoms with E-state index in [1.165, 1.54) is 25.3 Å². The molecule has 0 radical (unpaired) electrons. The molecule has 0 aromatic heterocycles. The lowest BCUT2D eigenvalue weighted by Crippen LogP contribution is -2.41. The highest BCUT2D eigenvalue weighted by Crippen LogP contribution is 2.35. The average Bonchev–Trinajstić information content (AvgIpc) is 2.58. The summed E-state index contributed by atoms with van der Waals surface area (Å²) in [7, 11) is 0. The zero-order chi connectivity index (χ0) is 14.6. The highest BCUT2D eigenvalue weighted by atomic mass is 35.5. The molecule has 1 fully saturated rings. The van der Waals surface area contributed by atoms with E-state index in [-0.39, 0.29) is 11.4 Å². The van der Waals surface area contributed by atoms with E-state index >= 15 is 0 Å². The van der Waals surface area contributed by atoms with Gasteiger partial charge in [-0.05, 0) is 43.7 Å². The van der Waals surface area contributed by atoms with Gasteiger partial charge >= 0.3 is 0 Å². The largest absolute Gasteiger partial charge is 0.325 e. The monoisotopic (exact) mass is 297 g/mol. The van der Waals surface area contributed by atoms with Gasteiger partial charge in [0.25, 0.3) is 0 Å². The molecule has 1 aliphatic carbocycles. The van der Waals surface area contributed by atoms with Crippen LogP contribution in [0.5, 0.6) is 0 Å². The predicted octanol–water partition coefficient (Wildman–Crippen LogP) is 5.10. The second-order valence-corrected chi connectivity index (χ2v) is 6.73. The van der Waals surface area contributed by atoms with Crippen LogP contribution < -0.4 is 5.73 Å². The van der Waals surface area contributed by atoms with Crippen molar-refractivity contribution < 1.29 is 4.39 Å². The van der Waals surface area contributed by atoms with Crippen molar-refractivity contribution in [2.24, 2.45) is 11.7 Å². The summed E-state index contributed by atoms with van der Waals surface area (Å²) >= 11 is 6.13. The van der Waals surface area contributed by atoms with E-state index in [4.69, 9.17) is 17.3 Å². The maximum atomic E-state index is 13.9. The molecule has 1 aromatic rings. The Balaban J connectivity index is 2.07. The van der Waals surface area contributed by atoms with Gasteiger partial charge in [0.05, 0.1) is 0 Å². The first-order valence-corrected chi connectivity index (χ1v) is 8.13. The molecule has 0 amide bonds. The molecule has 0 aliphatic heterocycles. The fraction of sp³-hybridized carbons (Fsp3) is 0.647. The Hall–Kier alpha value is -0.600. The third-order valence-electron chi connectivity index (χ3n) is 4.62. The van der Waals surface area contributed by atoms with Crippen molar-refractivity contribution in [2.45, 2.75) is 63.8 Å². The fourth-order valence-electron chi connectivity index (χ4n) is 3.43. The molecule has 0 saturated heterocycles. The van der Waals surface area contributed by atoms with Gasteiger partial charge in [-0.3, -0.25) is 0 Å². The molecule has 3 heteroatoms. The van der Waals surface area contributed by atoms with E-state index in [1.54, 1.807) is 12.1 Å². The Labute approximate surface area is 126 Å². The molecule has 1 aliphatic rings. The first-order chi connectivity index (χ1) is 9.54. The van der Waals surface area contributed by atoms with Crippen LogP contribution in [-0.2, 0) is 6.42 Å². The van der Waals surface area contributed by atoms with Gasteiger partial charge in [-0.1, -0.05) is 50.3 Å². The Bertz CT molecular complexity index is 428. The van der Waals surface area contributed by atoms with Crippen molar-refractivity contribution in [3.63, 3.8) is 0 Å².